The Bertz CT molecular complexity index is 303. The number of benzene rings is 1. The van der Waals surface area contributed by atoms with Gasteiger partial charge in [-0.3, -0.25) is 0 Å². The van der Waals surface area contributed by atoms with E-state index < -0.39 is 0 Å². The van der Waals surface area contributed by atoms with Crippen molar-refractivity contribution in [2.24, 2.45) is 0 Å². The highest BCUT2D eigenvalue weighted by Gasteiger charge is 1.97. The Hall–Kier alpha value is -1.20. The number of nitriles is 1. The van der Waals surface area contributed by atoms with E-state index in [2.05, 4.69) is 4.74 Å². The molecular formula is C8H6ClNO. The zero-order valence-electron chi connectivity index (χ0n) is 5.97. The van der Waals surface area contributed by atoms with Crippen LogP contribution in [-0.4, -0.2) is 0 Å². The summed E-state index contributed by atoms with van der Waals surface area (Å²) in [5, 5.41) is 8.77. The Kier molecular flexibility index (Phi) is 2.35. The SMILES string of the molecule is Cc1ccc(OC#N)cc1Cl. The summed E-state index contributed by atoms with van der Waals surface area (Å²) >= 11 is 5.76. The smallest absolute Gasteiger partial charge is 0.292 e. The first kappa shape index (κ1) is 7.90. The van der Waals surface area contributed by atoms with E-state index in [9.17, 15) is 0 Å². The van der Waals surface area contributed by atoms with Gasteiger partial charge in [0.1, 0.15) is 5.75 Å². The van der Waals surface area contributed by atoms with E-state index in [-0.39, 0.29) is 0 Å². The van der Waals surface area contributed by atoms with E-state index in [0.29, 0.717) is 10.8 Å². The summed E-state index contributed by atoms with van der Waals surface area (Å²) in [6, 6.07) is 5.11. The third-order valence-electron chi connectivity index (χ3n) is 1.31. The molecule has 0 radical (unpaired) electrons. The van der Waals surface area contributed by atoms with Crippen molar-refractivity contribution in [1.82, 2.24) is 0 Å². The summed E-state index contributed by atoms with van der Waals surface area (Å²) in [7, 11) is 0. The number of hydrogen-bond acceptors (Lipinski definition) is 2. The Morgan fingerprint density at radius 3 is 2.82 bits per heavy atom. The van der Waals surface area contributed by atoms with Crippen molar-refractivity contribution < 1.29 is 4.74 Å². The highest BCUT2D eigenvalue weighted by Crippen LogP contribution is 2.21. The zero-order valence-corrected chi connectivity index (χ0v) is 6.72. The Labute approximate surface area is 70.0 Å². The summed E-state index contributed by atoms with van der Waals surface area (Å²) < 4.78 is 4.56. The maximum atomic E-state index is 8.16. The second-order valence-electron chi connectivity index (χ2n) is 2.10. The molecule has 0 saturated carbocycles. The average Bonchev–Trinajstić information content (AvgIpc) is 1.98. The van der Waals surface area contributed by atoms with Crippen LogP contribution in [0.3, 0.4) is 0 Å². The minimum Gasteiger partial charge on any atom is -0.388 e. The van der Waals surface area contributed by atoms with Gasteiger partial charge < -0.3 is 4.74 Å². The summed E-state index contributed by atoms with van der Waals surface area (Å²) in [6.07, 6.45) is 1.57. The molecule has 0 fully saturated rings. The molecule has 0 bridgehead atoms. The molecule has 0 unspecified atom stereocenters. The van der Waals surface area contributed by atoms with Gasteiger partial charge in [0, 0.05) is 11.1 Å². The standard InChI is InChI=1S/C8H6ClNO/c1-6-2-3-7(11-5-10)4-8(6)9/h2-4H,1H3. The van der Waals surface area contributed by atoms with Crippen LogP contribution in [-0.2, 0) is 0 Å². The molecule has 1 aromatic rings. The molecule has 56 valence electrons. The average molecular weight is 168 g/mol. The molecule has 0 N–H and O–H groups in total. The van der Waals surface area contributed by atoms with Crippen LogP contribution in [0.4, 0.5) is 0 Å². The molecule has 0 amide bonds. The van der Waals surface area contributed by atoms with Crippen molar-refractivity contribution >= 4 is 11.6 Å². The number of halogens is 1. The van der Waals surface area contributed by atoms with E-state index >= 15 is 0 Å². The van der Waals surface area contributed by atoms with Crippen molar-refractivity contribution in [2.75, 3.05) is 0 Å². The fraction of sp³-hybridized carbons (Fsp3) is 0.125. The largest absolute Gasteiger partial charge is 0.388 e. The van der Waals surface area contributed by atoms with E-state index in [4.69, 9.17) is 16.9 Å². The monoisotopic (exact) mass is 167 g/mol. The second kappa shape index (κ2) is 3.27. The molecule has 0 spiro atoms. The van der Waals surface area contributed by atoms with Gasteiger partial charge in [0.2, 0.25) is 0 Å². The lowest BCUT2D eigenvalue weighted by atomic mass is 10.2. The van der Waals surface area contributed by atoms with Gasteiger partial charge in [-0.2, -0.15) is 0 Å². The van der Waals surface area contributed by atoms with Crippen LogP contribution in [0.25, 0.3) is 0 Å². The van der Waals surface area contributed by atoms with Crippen LogP contribution in [0.5, 0.6) is 5.75 Å². The number of rotatable bonds is 1. The van der Waals surface area contributed by atoms with Gasteiger partial charge >= 0.3 is 0 Å². The van der Waals surface area contributed by atoms with Crippen LogP contribution in [0.15, 0.2) is 18.2 Å². The third kappa shape index (κ3) is 1.86. The van der Waals surface area contributed by atoms with Crippen molar-refractivity contribution in [3.63, 3.8) is 0 Å². The molecule has 0 atom stereocenters. The predicted octanol–water partition coefficient (Wildman–Crippen LogP) is 2.51. The molecule has 0 aliphatic rings. The number of aryl methyl sites for hydroxylation is 1. The fourth-order valence-electron chi connectivity index (χ4n) is 0.690. The van der Waals surface area contributed by atoms with Gasteiger partial charge in [0.05, 0.1) is 0 Å². The normalized spacial score (nSPS) is 8.82. The summed E-state index contributed by atoms with van der Waals surface area (Å²) in [6.45, 7) is 1.89. The highest BCUT2D eigenvalue weighted by molar-refractivity contribution is 6.31. The molecule has 0 heterocycles. The fourth-order valence-corrected chi connectivity index (χ4v) is 0.860. The van der Waals surface area contributed by atoms with Crippen LogP contribution < -0.4 is 4.74 Å². The summed E-state index contributed by atoms with van der Waals surface area (Å²) in [4.78, 5) is 0. The van der Waals surface area contributed by atoms with E-state index in [0.717, 1.165) is 5.56 Å². The first-order valence-electron chi connectivity index (χ1n) is 3.06. The third-order valence-corrected chi connectivity index (χ3v) is 1.71. The van der Waals surface area contributed by atoms with Gasteiger partial charge in [-0.25, -0.2) is 0 Å². The molecule has 0 aliphatic heterocycles. The Morgan fingerprint density at radius 1 is 1.55 bits per heavy atom. The molecule has 1 aromatic carbocycles. The first-order chi connectivity index (χ1) is 5.24. The van der Waals surface area contributed by atoms with Crippen LogP contribution >= 0.6 is 11.6 Å². The molecule has 3 heteroatoms. The lowest BCUT2D eigenvalue weighted by Gasteiger charge is -1.98. The maximum Gasteiger partial charge on any atom is 0.292 e. The molecule has 0 aromatic heterocycles. The predicted molar refractivity (Wildman–Crippen MR) is 42.4 cm³/mol. The molecule has 2 nitrogen and oxygen atoms in total. The van der Waals surface area contributed by atoms with Crippen LogP contribution in [0, 0.1) is 18.4 Å². The molecule has 1 rings (SSSR count). The van der Waals surface area contributed by atoms with Gasteiger partial charge in [-0.15, -0.1) is 5.26 Å². The molecular weight excluding hydrogens is 162 g/mol. The zero-order chi connectivity index (χ0) is 8.27. The molecule has 0 aliphatic carbocycles. The van der Waals surface area contributed by atoms with Crippen molar-refractivity contribution in [3.8, 4) is 12.0 Å². The van der Waals surface area contributed by atoms with Gasteiger partial charge in [0.15, 0.2) is 0 Å². The summed E-state index contributed by atoms with van der Waals surface area (Å²) in [5.74, 6) is 0.475. The Balaban J connectivity index is 2.98. The topological polar surface area (TPSA) is 33.0 Å². The van der Waals surface area contributed by atoms with E-state index in [1.54, 1.807) is 24.5 Å². The van der Waals surface area contributed by atoms with Gasteiger partial charge in [-0.05, 0) is 18.6 Å². The lowest BCUT2D eigenvalue weighted by Crippen LogP contribution is -1.82. The first-order valence-corrected chi connectivity index (χ1v) is 3.44. The molecule has 11 heavy (non-hydrogen) atoms. The van der Waals surface area contributed by atoms with Crippen LogP contribution in [0.2, 0.25) is 5.02 Å². The minimum absolute atomic E-state index is 0.475. The molecule has 0 saturated heterocycles. The minimum atomic E-state index is 0.475. The van der Waals surface area contributed by atoms with Gasteiger partial charge in [-0.1, -0.05) is 17.7 Å². The van der Waals surface area contributed by atoms with E-state index in [1.807, 2.05) is 6.92 Å². The van der Waals surface area contributed by atoms with Crippen molar-refractivity contribution in [2.45, 2.75) is 6.92 Å². The number of hydrogen-bond donors (Lipinski definition) is 0. The number of ether oxygens (including phenoxy) is 1. The van der Waals surface area contributed by atoms with Crippen LogP contribution in [0.1, 0.15) is 5.56 Å². The highest BCUT2D eigenvalue weighted by atomic mass is 35.5. The summed E-state index contributed by atoms with van der Waals surface area (Å²) in [5.41, 5.74) is 0.969. The lowest BCUT2D eigenvalue weighted by molar-refractivity contribution is 0.507. The van der Waals surface area contributed by atoms with E-state index in [1.165, 1.54) is 0 Å². The Morgan fingerprint density at radius 2 is 2.27 bits per heavy atom. The maximum absolute atomic E-state index is 8.16. The number of nitrogens with zero attached hydrogens (tertiary/aromatic N) is 1. The van der Waals surface area contributed by atoms with Crippen molar-refractivity contribution in [1.29, 1.82) is 5.26 Å². The van der Waals surface area contributed by atoms with Crippen molar-refractivity contribution in [3.05, 3.63) is 28.8 Å². The second-order valence-corrected chi connectivity index (χ2v) is 2.51. The van der Waals surface area contributed by atoms with Gasteiger partial charge in [0.25, 0.3) is 6.26 Å². The quantitative estimate of drug-likeness (QED) is 0.602.